The molecular weight excluding hydrogens is 338 g/mol. The molecule has 2 rings (SSSR count). The lowest BCUT2D eigenvalue weighted by Crippen LogP contribution is -2.48. The molecule has 0 saturated heterocycles. The molecule has 128 valence electrons. The molecule has 0 radical (unpaired) electrons. The summed E-state index contributed by atoms with van der Waals surface area (Å²) < 4.78 is 1.70. The highest BCUT2D eigenvalue weighted by Gasteiger charge is 2.28. The molecule has 0 bridgehead atoms. The van der Waals surface area contributed by atoms with Gasteiger partial charge < -0.3 is 17.6 Å². The third kappa shape index (κ3) is 4.54. The van der Waals surface area contributed by atoms with E-state index >= 15 is 0 Å². The Kier molecular flexibility index (Phi) is 6.08. The van der Waals surface area contributed by atoms with Gasteiger partial charge in [-0.25, -0.2) is 0 Å². The van der Waals surface area contributed by atoms with Crippen LogP contribution >= 0.6 is 0 Å². The molecule has 0 N–H and O–H groups in total. The van der Waals surface area contributed by atoms with E-state index in [0.717, 1.165) is 5.56 Å². The lowest BCUT2D eigenvalue weighted by atomic mass is 10.0. The second-order valence-corrected chi connectivity index (χ2v) is 5.79. The quantitative estimate of drug-likeness (QED) is 0.112. The number of nitrogens with zero attached hydrogens (tertiary/aromatic N) is 3. The highest BCUT2D eigenvalue weighted by Crippen LogP contribution is 2.16. The molecule has 0 aliphatic carbocycles. The maximum absolute atomic E-state index is 13.0. The van der Waals surface area contributed by atoms with Crippen LogP contribution in [0.4, 0.5) is 5.69 Å². The van der Waals surface area contributed by atoms with Gasteiger partial charge in [-0.3, -0.25) is 14.9 Å². The number of Topliss-reactive ketones (excluding diaryl/α,β-unsaturated/α-hetero) is 1. The summed E-state index contributed by atoms with van der Waals surface area (Å²) in [6.07, 6.45) is 5.15. The molecule has 0 amide bonds. The van der Waals surface area contributed by atoms with Crippen LogP contribution < -0.4 is 4.57 Å². The molecule has 25 heavy (non-hydrogen) atoms. The van der Waals surface area contributed by atoms with Gasteiger partial charge in [-0.05, 0) is 30.2 Å². The van der Waals surface area contributed by atoms with E-state index in [9.17, 15) is 14.9 Å². The Morgan fingerprint density at radius 1 is 1.40 bits per heavy atom. The SMILES string of the molecule is C=CCN=C([S-])[C@@H](C(=O)c1ccc([N+](=O)[O-])cc1)[n+]1cccc(C)c1. The fourth-order valence-electron chi connectivity index (χ4n) is 2.30. The van der Waals surface area contributed by atoms with Crippen molar-refractivity contribution in [3.63, 3.8) is 0 Å². The molecule has 0 fully saturated rings. The Hall–Kier alpha value is -2.93. The van der Waals surface area contributed by atoms with Gasteiger partial charge in [0.25, 0.3) is 5.69 Å². The fourth-order valence-corrected chi connectivity index (χ4v) is 2.60. The van der Waals surface area contributed by atoms with Crippen molar-refractivity contribution in [3.05, 3.63) is 82.7 Å². The van der Waals surface area contributed by atoms with Crippen molar-refractivity contribution < 1.29 is 14.3 Å². The Balaban J connectivity index is 2.45. The van der Waals surface area contributed by atoms with Crippen molar-refractivity contribution >= 4 is 29.1 Å². The van der Waals surface area contributed by atoms with Gasteiger partial charge in [0.05, 0.1) is 11.5 Å². The average molecular weight is 355 g/mol. The Morgan fingerprint density at radius 2 is 2.08 bits per heavy atom. The van der Waals surface area contributed by atoms with Crippen molar-refractivity contribution in [2.24, 2.45) is 4.99 Å². The summed E-state index contributed by atoms with van der Waals surface area (Å²) in [6.45, 7) is 5.82. The molecule has 2 aromatic rings. The van der Waals surface area contributed by atoms with Crippen molar-refractivity contribution in [2.75, 3.05) is 6.54 Å². The topological polar surface area (TPSA) is 76.4 Å². The number of carbonyl (C=O) groups excluding carboxylic acids is 1. The minimum atomic E-state index is -0.795. The molecule has 1 aromatic heterocycles. The first kappa shape index (κ1) is 18.4. The van der Waals surface area contributed by atoms with Crippen LogP contribution in [0.1, 0.15) is 22.0 Å². The molecule has 0 aliphatic heterocycles. The number of rotatable bonds is 7. The van der Waals surface area contributed by atoms with Crippen LogP contribution in [0.25, 0.3) is 0 Å². The predicted molar refractivity (Wildman–Crippen MR) is 97.7 cm³/mol. The maximum Gasteiger partial charge on any atom is 0.269 e. The molecule has 1 atom stereocenters. The number of pyridine rings is 1. The van der Waals surface area contributed by atoms with Gasteiger partial charge in [0, 0.05) is 29.3 Å². The van der Waals surface area contributed by atoms with Crippen LogP contribution in [0, 0.1) is 17.0 Å². The molecular formula is C18H17N3O3S. The molecule has 7 heteroatoms. The molecule has 0 aliphatic rings. The van der Waals surface area contributed by atoms with Crippen molar-refractivity contribution in [2.45, 2.75) is 13.0 Å². The molecule has 0 unspecified atom stereocenters. The van der Waals surface area contributed by atoms with E-state index in [4.69, 9.17) is 12.6 Å². The first-order chi connectivity index (χ1) is 11.9. The number of non-ortho nitro benzene ring substituents is 1. The van der Waals surface area contributed by atoms with Crippen molar-refractivity contribution in [3.8, 4) is 0 Å². The molecule has 6 nitrogen and oxygen atoms in total. The zero-order chi connectivity index (χ0) is 18.4. The monoisotopic (exact) mass is 355 g/mol. The third-order valence-corrected chi connectivity index (χ3v) is 3.84. The predicted octanol–water partition coefficient (Wildman–Crippen LogP) is 2.75. The molecule has 0 saturated carbocycles. The summed E-state index contributed by atoms with van der Waals surface area (Å²) in [5.41, 5.74) is 1.23. The Bertz CT molecular complexity index is 832. The summed E-state index contributed by atoms with van der Waals surface area (Å²) in [4.78, 5) is 27.4. The number of aromatic nitrogens is 1. The van der Waals surface area contributed by atoms with Gasteiger partial charge in [-0.2, -0.15) is 4.57 Å². The van der Waals surface area contributed by atoms with Crippen LogP contribution in [-0.4, -0.2) is 22.3 Å². The van der Waals surface area contributed by atoms with E-state index in [1.165, 1.54) is 24.3 Å². The second-order valence-electron chi connectivity index (χ2n) is 5.37. The van der Waals surface area contributed by atoms with Gasteiger partial charge >= 0.3 is 0 Å². The number of aryl methyl sites for hydroxylation is 1. The minimum absolute atomic E-state index is 0.0739. The smallest absolute Gasteiger partial charge is 0.269 e. The lowest BCUT2D eigenvalue weighted by Gasteiger charge is -2.18. The van der Waals surface area contributed by atoms with E-state index in [0.29, 0.717) is 12.1 Å². The highest BCUT2D eigenvalue weighted by atomic mass is 32.1. The van der Waals surface area contributed by atoms with Gasteiger partial charge in [-0.1, -0.05) is 6.08 Å². The first-order valence-electron chi connectivity index (χ1n) is 7.52. The number of aliphatic imine (C=N–C) groups is 1. The molecule has 1 aromatic carbocycles. The Morgan fingerprint density at radius 3 is 2.64 bits per heavy atom. The minimum Gasteiger partial charge on any atom is -0.758 e. The van der Waals surface area contributed by atoms with E-state index < -0.39 is 11.0 Å². The van der Waals surface area contributed by atoms with Crippen LogP contribution in [0.2, 0.25) is 0 Å². The first-order valence-corrected chi connectivity index (χ1v) is 7.93. The summed E-state index contributed by atoms with van der Waals surface area (Å²) in [7, 11) is 0. The average Bonchev–Trinajstić information content (AvgIpc) is 2.60. The lowest BCUT2D eigenvalue weighted by molar-refractivity contribution is -0.692. The maximum atomic E-state index is 13.0. The highest BCUT2D eigenvalue weighted by molar-refractivity contribution is 7.77. The van der Waals surface area contributed by atoms with E-state index in [1.807, 2.05) is 25.3 Å². The van der Waals surface area contributed by atoms with Crippen LogP contribution in [-0.2, 0) is 12.6 Å². The van der Waals surface area contributed by atoms with Gasteiger partial charge in [-0.15, -0.1) is 6.58 Å². The molecule has 1 heterocycles. The van der Waals surface area contributed by atoms with Gasteiger partial charge in [0.15, 0.2) is 12.4 Å². The summed E-state index contributed by atoms with van der Waals surface area (Å²) >= 11 is 5.35. The van der Waals surface area contributed by atoms with Crippen LogP contribution in [0.5, 0.6) is 0 Å². The summed E-state index contributed by atoms with van der Waals surface area (Å²) in [5, 5.41) is 11.0. The third-order valence-electron chi connectivity index (χ3n) is 3.49. The number of carbonyl (C=O) groups is 1. The van der Waals surface area contributed by atoms with Crippen molar-refractivity contribution in [1.82, 2.24) is 0 Å². The number of benzene rings is 1. The van der Waals surface area contributed by atoms with E-state index in [2.05, 4.69) is 11.6 Å². The van der Waals surface area contributed by atoms with Crippen LogP contribution in [0.3, 0.4) is 0 Å². The zero-order valence-electron chi connectivity index (χ0n) is 13.7. The normalized spacial score (nSPS) is 12.4. The number of nitro benzene ring substituents is 1. The number of nitro groups is 1. The number of ketones is 1. The summed E-state index contributed by atoms with van der Waals surface area (Å²) in [5.74, 6) is -0.275. The molecule has 0 spiro atoms. The van der Waals surface area contributed by atoms with E-state index in [1.54, 1.807) is 16.8 Å². The standard InChI is InChI=1S/C18H17N3O3S/c1-3-10-19-18(25)16(20-11-4-5-13(2)12-20)17(22)14-6-8-15(9-7-14)21(23)24/h3-9,11-12,16H,1,10H2,2H3/t16-/m1/s1. The Labute approximate surface area is 151 Å². The number of hydrogen-bond donors (Lipinski definition) is 0. The fraction of sp³-hybridized carbons (Fsp3) is 0.167. The van der Waals surface area contributed by atoms with Gasteiger partial charge in [0.2, 0.25) is 11.8 Å². The number of hydrogen-bond acceptors (Lipinski definition) is 5. The van der Waals surface area contributed by atoms with Gasteiger partial charge in [0.1, 0.15) is 0 Å². The zero-order valence-corrected chi connectivity index (χ0v) is 14.5. The largest absolute Gasteiger partial charge is 0.758 e. The van der Waals surface area contributed by atoms with Crippen LogP contribution in [0.15, 0.2) is 66.4 Å². The van der Waals surface area contributed by atoms with E-state index in [-0.39, 0.29) is 16.5 Å². The summed E-state index contributed by atoms with van der Waals surface area (Å²) in [6, 6.07) is 8.40. The second kappa shape index (κ2) is 8.25. The van der Waals surface area contributed by atoms with Crippen molar-refractivity contribution in [1.29, 1.82) is 0 Å².